The lowest BCUT2D eigenvalue weighted by atomic mass is 9.93. The van der Waals surface area contributed by atoms with Gasteiger partial charge in [0.05, 0.1) is 32.0 Å². The highest BCUT2D eigenvalue weighted by molar-refractivity contribution is 5.90. The molecule has 1 aliphatic rings. The van der Waals surface area contributed by atoms with Gasteiger partial charge in [0.1, 0.15) is 5.69 Å². The van der Waals surface area contributed by atoms with Gasteiger partial charge in [-0.2, -0.15) is 5.10 Å². The fourth-order valence-electron chi connectivity index (χ4n) is 3.11. The Hall–Kier alpha value is -2.61. The predicted molar refractivity (Wildman–Crippen MR) is 92.6 cm³/mol. The van der Waals surface area contributed by atoms with Crippen LogP contribution in [0.3, 0.4) is 0 Å². The number of amides is 2. The number of aliphatic hydroxyl groups is 1. The lowest BCUT2D eigenvalue weighted by Gasteiger charge is -2.24. The molecule has 1 unspecified atom stereocenters. The fourth-order valence-corrected chi connectivity index (χ4v) is 3.11. The Morgan fingerprint density at radius 2 is 2.40 bits per heavy atom. The molecule has 0 fully saturated rings. The van der Waals surface area contributed by atoms with Gasteiger partial charge in [0.2, 0.25) is 5.88 Å². The van der Waals surface area contributed by atoms with Gasteiger partial charge < -0.3 is 20.5 Å². The van der Waals surface area contributed by atoms with Crippen LogP contribution in [0, 0.1) is 0 Å². The van der Waals surface area contributed by atoms with E-state index in [0.717, 1.165) is 30.5 Å². The summed E-state index contributed by atoms with van der Waals surface area (Å²) in [4.78, 5) is 16.5. The average molecular weight is 345 g/mol. The molecule has 2 aromatic rings. The maximum atomic E-state index is 12.4. The van der Waals surface area contributed by atoms with E-state index < -0.39 is 0 Å². The van der Waals surface area contributed by atoms with E-state index in [9.17, 15) is 4.79 Å². The summed E-state index contributed by atoms with van der Waals surface area (Å²) in [6.07, 6.45) is 6.14. The van der Waals surface area contributed by atoms with Crippen molar-refractivity contribution in [3.05, 3.63) is 35.8 Å². The lowest BCUT2D eigenvalue weighted by molar-refractivity contribution is 0.246. The average Bonchev–Trinajstić information content (AvgIpc) is 3.01. The standard InChI is InChI=1S/C17H23N5O3/c1-2-25-16-14(6-4-8-18-16)21-17(24)20-13-5-3-7-15-12(13)11-19-22(15)9-10-23/h4,6,8,11,13,23H,2-3,5,7,9-10H2,1H3,(H2,20,21,24). The highest BCUT2D eigenvalue weighted by Gasteiger charge is 2.25. The predicted octanol–water partition coefficient (Wildman–Crippen LogP) is 1.87. The first kappa shape index (κ1) is 17.2. The summed E-state index contributed by atoms with van der Waals surface area (Å²) in [6, 6.07) is 3.10. The molecule has 0 radical (unpaired) electrons. The van der Waals surface area contributed by atoms with Crippen LogP contribution in [0.25, 0.3) is 0 Å². The van der Waals surface area contributed by atoms with Crippen molar-refractivity contribution >= 4 is 11.7 Å². The molecule has 134 valence electrons. The minimum atomic E-state index is -0.304. The maximum absolute atomic E-state index is 12.4. The third-order valence-electron chi connectivity index (χ3n) is 4.18. The molecule has 0 bridgehead atoms. The minimum absolute atomic E-state index is 0.0495. The summed E-state index contributed by atoms with van der Waals surface area (Å²) in [5, 5.41) is 19.2. The monoisotopic (exact) mass is 345 g/mol. The third-order valence-corrected chi connectivity index (χ3v) is 4.18. The molecule has 2 aromatic heterocycles. The topological polar surface area (TPSA) is 101 Å². The molecule has 8 heteroatoms. The summed E-state index contributed by atoms with van der Waals surface area (Å²) < 4.78 is 7.24. The number of urea groups is 1. The number of hydrogen-bond donors (Lipinski definition) is 3. The number of pyridine rings is 1. The van der Waals surface area contributed by atoms with E-state index in [1.54, 1.807) is 24.5 Å². The van der Waals surface area contributed by atoms with Gasteiger partial charge in [-0.15, -0.1) is 0 Å². The zero-order valence-electron chi connectivity index (χ0n) is 14.2. The van der Waals surface area contributed by atoms with E-state index in [-0.39, 0.29) is 18.7 Å². The normalized spacial score (nSPS) is 16.2. The Balaban J connectivity index is 1.69. The maximum Gasteiger partial charge on any atom is 0.319 e. The molecule has 0 aliphatic heterocycles. The van der Waals surface area contributed by atoms with Crippen LogP contribution in [0.5, 0.6) is 5.88 Å². The van der Waals surface area contributed by atoms with Crippen LogP contribution in [-0.2, 0) is 13.0 Å². The van der Waals surface area contributed by atoms with Crippen molar-refractivity contribution in [1.82, 2.24) is 20.1 Å². The molecule has 2 amide bonds. The highest BCUT2D eigenvalue weighted by Crippen LogP contribution is 2.30. The van der Waals surface area contributed by atoms with Crippen LogP contribution in [0.2, 0.25) is 0 Å². The number of anilines is 1. The number of hydrogen-bond acceptors (Lipinski definition) is 5. The van der Waals surface area contributed by atoms with Gasteiger partial charge in [-0.25, -0.2) is 9.78 Å². The molecule has 3 N–H and O–H groups in total. The van der Waals surface area contributed by atoms with Crippen molar-refractivity contribution in [1.29, 1.82) is 0 Å². The van der Waals surface area contributed by atoms with Crippen molar-refractivity contribution in [3.63, 3.8) is 0 Å². The van der Waals surface area contributed by atoms with E-state index in [0.29, 0.717) is 24.7 Å². The third kappa shape index (κ3) is 3.90. The zero-order chi connectivity index (χ0) is 17.6. The number of rotatable bonds is 6. The molecule has 1 aliphatic carbocycles. The largest absolute Gasteiger partial charge is 0.476 e. The molecular formula is C17H23N5O3. The van der Waals surface area contributed by atoms with Crippen LogP contribution in [0.15, 0.2) is 24.5 Å². The molecule has 1 atom stereocenters. The quantitative estimate of drug-likeness (QED) is 0.742. The molecule has 0 saturated heterocycles. The Morgan fingerprint density at radius 1 is 1.52 bits per heavy atom. The number of aliphatic hydroxyl groups excluding tert-OH is 1. The van der Waals surface area contributed by atoms with Crippen LogP contribution < -0.4 is 15.4 Å². The number of aromatic nitrogens is 3. The number of fused-ring (bicyclic) bond motifs is 1. The molecular weight excluding hydrogens is 322 g/mol. The lowest BCUT2D eigenvalue weighted by Crippen LogP contribution is -2.34. The van der Waals surface area contributed by atoms with Crippen molar-refractivity contribution in [2.45, 2.75) is 38.8 Å². The van der Waals surface area contributed by atoms with Crippen LogP contribution in [-0.4, -0.2) is 39.1 Å². The second-order valence-electron chi connectivity index (χ2n) is 5.83. The van der Waals surface area contributed by atoms with Crippen LogP contribution in [0.4, 0.5) is 10.5 Å². The molecule has 0 saturated carbocycles. The summed E-state index contributed by atoms with van der Waals surface area (Å²) in [6.45, 7) is 2.87. The summed E-state index contributed by atoms with van der Waals surface area (Å²) in [5.74, 6) is 0.403. The Labute approximate surface area is 146 Å². The van der Waals surface area contributed by atoms with Gasteiger partial charge >= 0.3 is 6.03 Å². The number of carbonyl (C=O) groups is 1. The minimum Gasteiger partial charge on any atom is -0.476 e. The smallest absolute Gasteiger partial charge is 0.319 e. The number of ether oxygens (including phenoxy) is 1. The van der Waals surface area contributed by atoms with Crippen molar-refractivity contribution in [3.8, 4) is 5.88 Å². The Bertz CT molecular complexity index is 731. The van der Waals surface area contributed by atoms with Crippen LogP contribution >= 0.6 is 0 Å². The van der Waals surface area contributed by atoms with Crippen molar-refractivity contribution in [2.24, 2.45) is 0 Å². The summed E-state index contributed by atoms with van der Waals surface area (Å²) >= 11 is 0. The number of carbonyl (C=O) groups excluding carboxylic acids is 1. The highest BCUT2D eigenvalue weighted by atomic mass is 16.5. The van der Waals surface area contributed by atoms with E-state index in [1.165, 1.54) is 0 Å². The molecule has 25 heavy (non-hydrogen) atoms. The van der Waals surface area contributed by atoms with E-state index >= 15 is 0 Å². The van der Waals surface area contributed by atoms with Gasteiger partial charge in [-0.05, 0) is 38.3 Å². The number of nitrogens with one attached hydrogen (secondary N) is 2. The van der Waals surface area contributed by atoms with E-state index in [2.05, 4.69) is 20.7 Å². The molecule has 3 rings (SSSR count). The molecule has 8 nitrogen and oxygen atoms in total. The molecule has 0 aromatic carbocycles. The first-order valence-electron chi connectivity index (χ1n) is 8.53. The first-order valence-corrected chi connectivity index (χ1v) is 8.53. The Morgan fingerprint density at radius 3 is 3.20 bits per heavy atom. The van der Waals surface area contributed by atoms with Gasteiger partial charge in [0.25, 0.3) is 0 Å². The summed E-state index contributed by atoms with van der Waals surface area (Å²) in [7, 11) is 0. The zero-order valence-corrected chi connectivity index (χ0v) is 14.2. The number of nitrogens with zero attached hydrogens (tertiary/aromatic N) is 3. The molecule has 0 spiro atoms. The van der Waals surface area contributed by atoms with Gasteiger partial charge in [-0.3, -0.25) is 4.68 Å². The second kappa shape index (κ2) is 7.98. The van der Waals surface area contributed by atoms with E-state index in [4.69, 9.17) is 9.84 Å². The second-order valence-corrected chi connectivity index (χ2v) is 5.83. The van der Waals surface area contributed by atoms with Gasteiger partial charge in [0.15, 0.2) is 0 Å². The van der Waals surface area contributed by atoms with Crippen molar-refractivity contribution in [2.75, 3.05) is 18.5 Å². The SMILES string of the molecule is CCOc1ncccc1NC(=O)NC1CCCc2c1cnn2CCO. The first-order chi connectivity index (χ1) is 12.2. The van der Waals surface area contributed by atoms with Crippen molar-refractivity contribution < 1.29 is 14.6 Å². The van der Waals surface area contributed by atoms with Crippen LogP contribution in [0.1, 0.15) is 37.1 Å². The molecule has 2 heterocycles. The fraction of sp³-hybridized carbons (Fsp3) is 0.471. The van der Waals surface area contributed by atoms with E-state index in [1.807, 2.05) is 11.6 Å². The summed E-state index contributed by atoms with van der Waals surface area (Å²) in [5.41, 5.74) is 2.64. The Kier molecular flexibility index (Phi) is 5.49. The van der Waals surface area contributed by atoms with Gasteiger partial charge in [-0.1, -0.05) is 0 Å². The van der Waals surface area contributed by atoms with Gasteiger partial charge in [0, 0.05) is 17.5 Å².